The maximum atomic E-state index is 12.4. The van der Waals surface area contributed by atoms with Crippen LogP contribution in [0.2, 0.25) is 5.02 Å². The van der Waals surface area contributed by atoms with Crippen molar-refractivity contribution in [2.75, 3.05) is 46.0 Å². The zero-order chi connectivity index (χ0) is 15.6. The fraction of sp³-hybridized carbons (Fsp3) is 0.429. The average molecular weight is 311 g/mol. The molecule has 2 N–H and O–H groups in total. The third-order valence-corrected chi connectivity index (χ3v) is 3.79. The summed E-state index contributed by atoms with van der Waals surface area (Å²) >= 11 is 5.94. The van der Waals surface area contributed by atoms with E-state index in [0.717, 1.165) is 0 Å². The van der Waals surface area contributed by atoms with Gasteiger partial charge in [-0.05, 0) is 18.2 Å². The fourth-order valence-corrected chi connectivity index (χ4v) is 2.41. The number of rotatable bonds is 1. The Morgan fingerprint density at radius 3 is 2.24 bits per heavy atom. The van der Waals surface area contributed by atoms with Crippen LogP contribution in [0.25, 0.3) is 0 Å². The van der Waals surface area contributed by atoms with Crippen LogP contribution in [0.1, 0.15) is 10.4 Å². The minimum absolute atomic E-state index is 0.0300. The normalized spacial score (nSPS) is 15.0. The molecular formula is C14H19ClN4O2. The van der Waals surface area contributed by atoms with Gasteiger partial charge in [0.05, 0.1) is 10.7 Å². The third-order valence-electron chi connectivity index (χ3n) is 3.47. The standard InChI is InChI=1S/C14H19ClN4O2/c1-17(2)14(21)19-7-5-18(6-8-19)13(20)10-3-4-12(16)11(15)9-10/h3-4,9H,5-8,16H2,1-2H3. The molecule has 1 fully saturated rings. The van der Waals surface area contributed by atoms with Crippen molar-refractivity contribution >= 4 is 29.2 Å². The predicted octanol–water partition coefficient (Wildman–Crippen LogP) is 1.36. The van der Waals surface area contributed by atoms with E-state index < -0.39 is 0 Å². The van der Waals surface area contributed by atoms with E-state index in [1.807, 2.05) is 0 Å². The molecule has 0 saturated carbocycles. The Labute approximate surface area is 129 Å². The van der Waals surface area contributed by atoms with E-state index >= 15 is 0 Å². The molecule has 1 aliphatic heterocycles. The first-order chi connectivity index (χ1) is 9.90. The van der Waals surface area contributed by atoms with Crippen molar-refractivity contribution in [2.45, 2.75) is 0 Å². The topological polar surface area (TPSA) is 69.9 Å². The Morgan fingerprint density at radius 2 is 1.71 bits per heavy atom. The number of nitrogens with zero attached hydrogens (tertiary/aromatic N) is 3. The zero-order valence-electron chi connectivity index (χ0n) is 12.2. The molecule has 2 rings (SSSR count). The molecule has 7 heteroatoms. The number of hydrogen-bond donors (Lipinski definition) is 1. The van der Waals surface area contributed by atoms with Crippen molar-refractivity contribution in [2.24, 2.45) is 0 Å². The summed E-state index contributed by atoms with van der Waals surface area (Å²) in [6.07, 6.45) is 0. The summed E-state index contributed by atoms with van der Waals surface area (Å²) in [6, 6.07) is 4.84. The Balaban J connectivity index is 2.00. The van der Waals surface area contributed by atoms with Gasteiger partial charge in [0, 0.05) is 45.8 Å². The highest BCUT2D eigenvalue weighted by molar-refractivity contribution is 6.33. The Kier molecular flexibility index (Phi) is 4.57. The lowest BCUT2D eigenvalue weighted by Crippen LogP contribution is -2.52. The molecule has 1 aromatic rings. The van der Waals surface area contributed by atoms with Crippen molar-refractivity contribution in [3.05, 3.63) is 28.8 Å². The summed E-state index contributed by atoms with van der Waals surface area (Å²) in [5, 5.41) is 0.377. The number of benzene rings is 1. The van der Waals surface area contributed by atoms with Crippen molar-refractivity contribution in [1.82, 2.24) is 14.7 Å². The lowest BCUT2D eigenvalue weighted by atomic mass is 10.1. The first-order valence-electron chi connectivity index (χ1n) is 6.70. The molecule has 1 heterocycles. The second-order valence-corrected chi connectivity index (χ2v) is 5.60. The van der Waals surface area contributed by atoms with Crippen LogP contribution >= 0.6 is 11.6 Å². The van der Waals surface area contributed by atoms with Crippen LogP contribution in [0.4, 0.5) is 10.5 Å². The molecule has 21 heavy (non-hydrogen) atoms. The van der Waals surface area contributed by atoms with Crippen LogP contribution in [0, 0.1) is 0 Å². The van der Waals surface area contributed by atoms with Crippen LogP contribution < -0.4 is 5.73 Å². The van der Waals surface area contributed by atoms with Crippen LogP contribution in [0.5, 0.6) is 0 Å². The Morgan fingerprint density at radius 1 is 1.14 bits per heavy atom. The van der Waals surface area contributed by atoms with Gasteiger partial charge >= 0.3 is 6.03 Å². The number of hydrogen-bond acceptors (Lipinski definition) is 3. The molecule has 1 saturated heterocycles. The highest BCUT2D eigenvalue weighted by Crippen LogP contribution is 2.21. The van der Waals surface area contributed by atoms with Gasteiger partial charge in [0.2, 0.25) is 0 Å². The zero-order valence-corrected chi connectivity index (χ0v) is 12.9. The summed E-state index contributed by atoms with van der Waals surface area (Å²) < 4.78 is 0. The van der Waals surface area contributed by atoms with Gasteiger partial charge in [-0.1, -0.05) is 11.6 Å². The van der Waals surface area contributed by atoms with Gasteiger partial charge in [0.15, 0.2) is 0 Å². The van der Waals surface area contributed by atoms with E-state index in [4.69, 9.17) is 17.3 Å². The Hall–Kier alpha value is -1.95. The molecule has 0 radical (unpaired) electrons. The molecule has 0 atom stereocenters. The molecular weight excluding hydrogens is 292 g/mol. The van der Waals surface area contributed by atoms with Gasteiger partial charge in [-0.3, -0.25) is 4.79 Å². The highest BCUT2D eigenvalue weighted by atomic mass is 35.5. The molecule has 0 bridgehead atoms. The van der Waals surface area contributed by atoms with Crippen LogP contribution in [0.15, 0.2) is 18.2 Å². The summed E-state index contributed by atoms with van der Waals surface area (Å²) in [7, 11) is 3.44. The summed E-state index contributed by atoms with van der Waals surface area (Å²) in [6.45, 7) is 2.09. The molecule has 114 valence electrons. The summed E-state index contributed by atoms with van der Waals surface area (Å²) in [5.74, 6) is -0.0890. The number of carbonyl (C=O) groups is 2. The highest BCUT2D eigenvalue weighted by Gasteiger charge is 2.25. The van der Waals surface area contributed by atoms with Gasteiger partial charge in [0.1, 0.15) is 0 Å². The minimum Gasteiger partial charge on any atom is -0.398 e. The van der Waals surface area contributed by atoms with E-state index in [9.17, 15) is 9.59 Å². The average Bonchev–Trinajstić information content (AvgIpc) is 2.48. The monoisotopic (exact) mass is 310 g/mol. The smallest absolute Gasteiger partial charge is 0.319 e. The van der Waals surface area contributed by atoms with Crippen molar-refractivity contribution in [3.8, 4) is 0 Å². The van der Waals surface area contributed by atoms with Crippen molar-refractivity contribution in [3.63, 3.8) is 0 Å². The molecule has 3 amide bonds. The molecule has 0 aliphatic carbocycles. The summed E-state index contributed by atoms with van der Waals surface area (Å²) in [5.41, 5.74) is 6.61. The molecule has 0 spiro atoms. The number of halogens is 1. The van der Waals surface area contributed by atoms with Gasteiger partial charge < -0.3 is 20.4 Å². The van der Waals surface area contributed by atoms with Crippen LogP contribution in [-0.4, -0.2) is 66.9 Å². The van der Waals surface area contributed by atoms with E-state index in [2.05, 4.69) is 0 Å². The van der Waals surface area contributed by atoms with Gasteiger partial charge in [0.25, 0.3) is 5.91 Å². The van der Waals surface area contributed by atoms with E-state index in [1.54, 1.807) is 42.1 Å². The van der Waals surface area contributed by atoms with Crippen molar-refractivity contribution < 1.29 is 9.59 Å². The quantitative estimate of drug-likeness (QED) is 0.796. The molecule has 1 aromatic carbocycles. The number of nitrogens with two attached hydrogens (primary N) is 1. The third kappa shape index (κ3) is 3.39. The molecule has 0 aromatic heterocycles. The van der Waals surface area contributed by atoms with E-state index in [-0.39, 0.29) is 11.9 Å². The summed E-state index contributed by atoms with van der Waals surface area (Å²) in [4.78, 5) is 29.2. The molecule has 0 unspecified atom stereocenters. The number of carbonyl (C=O) groups excluding carboxylic acids is 2. The maximum Gasteiger partial charge on any atom is 0.319 e. The number of urea groups is 1. The van der Waals surface area contributed by atoms with E-state index in [0.29, 0.717) is 42.5 Å². The first-order valence-corrected chi connectivity index (χ1v) is 7.08. The number of anilines is 1. The largest absolute Gasteiger partial charge is 0.398 e. The fourth-order valence-electron chi connectivity index (χ4n) is 2.23. The van der Waals surface area contributed by atoms with E-state index in [1.165, 1.54) is 4.90 Å². The molecule has 1 aliphatic rings. The SMILES string of the molecule is CN(C)C(=O)N1CCN(C(=O)c2ccc(N)c(Cl)c2)CC1. The second kappa shape index (κ2) is 6.22. The lowest BCUT2D eigenvalue weighted by Gasteiger charge is -2.36. The second-order valence-electron chi connectivity index (χ2n) is 5.19. The van der Waals surface area contributed by atoms with Gasteiger partial charge in [-0.2, -0.15) is 0 Å². The maximum absolute atomic E-state index is 12.4. The predicted molar refractivity (Wildman–Crippen MR) is 82.4 cm³/mol. The lowest BCUT2D eigenvalue weighted by molar-refractivity contribution is 0.0650. The number of amides is 3. The van der Waals surface area contributed by atoms with Gasteiger partial charge in [-0.15, -0.1) is 0 Å². The Bertz CT molecular complexity index is 554. The van der Waals surface area contributed by atoms with Crippen LogP contribution in [-0.2, 0) is 0 Å². The molecule has 6 nitrogen and oxygen atoms in total. The number of nitrogen functional groups attached to an aromatic ring is 1. The number of piperazine rings is 1. The minimum atomic E-state index is -0.0890. The van der Waals surface area contributed by atoms with Crippen molar-refractivity contribution in [1.29, 1.82) is 0 Å². The van der Waals surface area contributed by atoms with Gasteiger partial charge in [-0.25, -0.2) is 4.79 Å². The van der Waals surface area contributed by atoms with Crippen LogP contribution in [0.3, 0.4) is 0 Å². The first kappa shape index (κ1) is 15.4.